The van der Waals surface area contributed by atoms with Gasteiger partial charge in [0.15, 0.2) is 0 Å². The molecule has 0 fully saturated rings. The Morgan fingerprint density at radius 2 is 0.789 bits per heavy atom. The van der Waals surface area contributed by atoms with Crippen molar-refractivity contribution in [1.82, 2.24) is 0 Å². The summed E-state index contributed by atoms with van der Waals surface area (Å²) in [6.07, 6.45) is 0. The number of anilines is 3. The molecule has 0 aliphatic heterocycles. The van der Waals surface area contributed by atoms with Gasteiger partial charge in [0.05, 0.1) is 0 Å². The smallest absolute Gasteiger partial charge is 0.0464 e. The lowest BCUT2D eigenvalue weighted by Gasteiger charge is -2.51. The molecule has 6 rings (SSSR count). The van der Waals surface area contributed by atoms with E-state index in [9.17, 15) is 0 Å². The molecule has 0 saturated heterocycles. The molecule has 0 N–H and O–H groups in total. The van der Waals surface area contributed by atoms with Gasteiger partial charge in [-0.15, -0.1) is 0 Å². The number of para-hydroxylation sites is 2. The maximum absolute atomic E-state index is 2.45. The molecule has 5 aromatic rings. The SMILES string of the molecule is CC1(C)c2ccc(N(c3ccccc3)c3ccccc3)cc2C(C)(C)C1(c1ccccc1)c1ccccc1. The molecule has 0 aromatic heterocycles. The van der Waals surface area contributed by atoms with E-state index in [1.165, 1.54) is 27.9 Å². The first-order valence-electron chi connectivity index (χ1n) is 13.6. The van der Waals surface area contributed by atoms with Crippen LogP contribution < -0.4 is 4.90 Å². The van der Waals surface area contributed by atoms with Crippen molar-refractivity contribution in [2.75, 3.05) is 4.90 Å². The van der Waals surface area contributed by atoms with Crippen LogP contribution in [0.4, 0.5) is 17.1 Å². The Bertz CT molecular complexity index is 1460. The van der Waals surface area contributed by atoms with E-state index in [1.807, 2.05) is 0 Å². The van der Waals surface area contributed by atoms with Crippen molar-refractivity contribution >= 4 is 17.1 Å². The number of benzene rings is 5. The molecule has 1 aliphatic rings. The normalized spacial score (nSPS) is 16.5. The van der Waals surface area contributed by atoms with Crippen molar-refractivity contribution in [3.63, 3.8) is 0 Å². The Hall–Kier alpha value is -4.10. The van der Waals surface area contributed by atoms with Crippen LogP contribution in [-0.4, -0.2) is 0 Å². The van der Waals surface area contributed by atoms with Crippen LogP contribution in [0.25, 0.3) is 0 Å². The fraction of sp³-hybridized carbons (Fsp3) is 0.189. The molecule has 0 radical (unpaired) electrons. The Kier molecular flexibility index (Phi) is 5.76. The highest BCUT2D eigenvalue weighted by Crippen LogP contribution is 2.66. The van der Waals surface area contributed by atoms with Crippen LogP contribution in [-0.2, 0) is 16.2 Å². The summed E-state index contributed by atoms with van der Waals surface area (Å²) in [5.41, 5.74) is 8.49. The molecule has 0 bridgehead atoms. The molecule has 0 atom stereocenters. The van der Waals surface area contributed by atoms with Crippen molar-refractivity contribution in [3.05, 3.63) is 162 Å². The standard InChI is InChI=1S/C37H35N/c1-35(2)33-26-25-32(38(30-21-13-7-14-22-30)31-23-15-8-16-24-31)27-34(33)36(3,4)37(35,28-17-9-5-10-18-28)29-19-11-6-12-20-29/h5-27H,1-4H3. The van der Waals surface area contributed by atoms with Crippen LogP contribution in [0.15, 0.2) is 140 Å². The van der Waals surface area contributed by atoms with Crippen molar-refractivity contribution in [1.29, 1.82) is 0 Å². The summed E-state index contributed by atoms with van der Waals surface area (Å²) < 4.78 is 0. The van der Waals surface area contributed by atoms with Gasteiger partial charge in [0.2, 0.25) is 0 Å². The molecule has 1 heteroatoms. The van der Waals surface area contributed by atoms with Crippen LogP contribution in [0, 0.1) is 0 Å². The van der Waals surface area contributed by atoms with E-state index < -0.39 is 0 Å². The monoisotopic (exact) mass is 493 g/mol. The first kappa shape index (κ1) is 24.2. The second-order valence-electron chi connectivity index (χ2n) is 11.5. The average Bonchev–Trinajstić information content (AvgIpc) is 3.09. The van der Waals surface area contributed by atoms with Gasteiger partial charge in [-0.1, -0.05) is 131 Å². The van der Waals surface area contributed by atoms with Gasteiger partial charge in [0.1, 0.15) is 0 Å². The van der Waals surface area contributed by atoms with Gasteiger partial charge in [0.25, 0.3) is 0 Å². The highest BCUT2D eigenvalue weighted by molar-refractivity contribution is 5.78. The predicted octanol–water partition coefficient (Wildman–Crippen LogP) is 9.71. The maximum Gasteiger partial charge on any atom is 0.0464 e. The van der Waals surface area contributed by atoms with E-state index in [-0.39, 0.29) is 16.2 Å². The largest absolute Gasteiger partial charge is 0.310 e. The molecule has 0 saturated carbocycles. The summed E-state index contributed by atoms with van der Waals surface area (Å²) in [5, 5.41) is 0. The topological polar surface area (TPSA) is 3.24 Å². The average molecular weight is 494 g/mol. The van der Waals surface area contributed by atoms with E-state index >= 15 is 0 Å². The predicted molar refractivity (Wildman–Crippen MR) is 161 cm³/mol. The minimum absolute atomic E-state index is 0.141. The van der Waals surface area contributed by atoms with E-state index in [2.05, 4.69) is 172 Å². The van der Waals surface area contributed by atoms with Crippen LogP contribution in [0.2, 0.25) is 0 Å². The third-order valence-electron chi connectivity index (χ3n) is 8.93. The van der Waals surface area contributed by atoms with Gasteiger partial charge < -0.3 is 4.90 Å². The summed E-state index contributed by atoms with van der Waals surface area (Å²) in [6, 6.07) is 50.8. The lowest BCUT2D eigenvalue weighted by Crippen LogP contribution is -2.52. The quantitative estimate of drug-likeness (QED) is 0.235. The summed E-state index contributed by atoms with van der Waals surface area (Å²) in [5.74, 6) is 0. The fourth-order valence-corrected chi connectivity index (χ4v) is 7.51. The van der Waals surface area contributed by atoms with Crippen LogP contribution in [0.1, 0.15) is 49.9 Å². The van der Waals surface area contributed by atoms with E-state index in [1.54, 1.807) is 0 Å². The molecule has 0 amide bonds. The van der Waals surface area contributed by atoms with Gasteiger partial charge in [0, 0.05) is 33.3 Å². The molecule has 38 heavy (non-hydrogen) atoms. The van der Waals surface area contributed by atoms with Crippen molar-refractivity contribution in [2.24, 2.45) is 0 Å². The summed E-state index contributed by atoms with van der Waals surface area (Å²) in [7, 11) is 0. The van der Waals surface area contributed by atoms with Crippen molar-refractivity contribution in [3.8, 4) is 0 Å². The molecular weight excluding hydrogens is 458 g/mol. The lowest BCUT2D eigenvalue weighted by atomic mass is 9.51. The third-order valence-corrected chi connectivity index (χ3v) is 8.93. The van der Waals surface area contributed by atoms with Gasteiger partial charge in [-0.25, -0.2) is 0 Å². The van der Waals surface area contributed by atoms with Gasteiger partial charge in [-0.3, -0.25) is 0 Å². The maximum atomic E-state index is 2.45. The molecule has 0 unspecified atom stereocenters. The van der Waals surface area contributed by atoms with Crippen molar-refractivity contribution < 1.29 is 0 Å². The number of rotatable bonds is 5. The van der Waals surface area contributed by atoms with Crippen LogP contribution in [0.3, 0.4) is 0 Å². The van der Waals surface area contributed by atoms with E-state index in [0.717, 1.165) is 11.4 Å². The van der Waals surface area contributed by atoms with E-state index in [4.69, 9.17) is 0 Å². The Balaban J connectivity index is 1.62. The van der Waals surface area contributed by atoms with Gasteiger partial charge in [-0.2, -0.15) is 0 Å². The number of nitrogens with zero attached hydrogens (tertiary/aromatic N) is 1. The first-order chi connectivity index (χ1) is 18.4. The molecule has 5 aromatic carbocycles. The van der Waals surface area contributed by atoms with E-state index in [0.29, 0.717) is 0 Å². The molecule has 0 heterocycles. The first-order valence-corrected chi connectivity index (χ1v) is 13.6. The molecule has 1 nitrogen and oxygen atoms in total. The van der Waals surface area contributed by atoms with Crippen molar-refractivity contribution in [2.45, 2.75) is 43.9 Å². The summed E-state index contributed by atoms with van der Waals surface area (Å²) in [4.78, 5) is 2.37. The highest BCUT2D eigenvalue weighted by atomic mass is 15.1. The molecule has 1 aliphatic carbocycles. The molecular formula is C37H35N. The van der Waals surface area contributed by atoms with Crippen LogP contribution >= 0.6 is 0 Å². The number of fused-ring (bicyclic) bond motifs is 1. The van der Waals surface area contributed by atoms with Crippen LogP contribution in [0.5, 0.6) is 0 Å². The second-order valence-corrected chi connectivity index (χ2v) is 11.5. The van der Waals surface area contributed by atoms with Gasteiger partial charge >= 0.3 is 0 Å². The Morgan fingerprint density at radius 3 is 1.24 bits per heavy atom. The second kappa shape index (κ2) is 9.03. The minimum Gasteiger partial charge on any atom is -0.310 e. The zero-order valence-corrected chi connectivity index (χ0v) is 22.7. The number of hydrogen-bond acceptors (Lipinski definition) is 1. The van der Waals surface area contributed by atoms with Gasteiger partial charge in [-0.05, 0) is 58.7 Å². The fourth-order valence-electron chi connectivity index (χ4n) is 7.51. The zero-order chi connectivity index (χ0) is 26.4. The third kappa shape index (κ3) is 3.38. The highest BCUT2D eigenvalue weighted by Gasteiger charge is 2.64. The summed E-state index contributed by atoms with van der Waals surface area (Å²) in [6.45, 7) is 9.76. The Morgan fingerprint density at radius 1 is 0.395 bits per heavy atom. The minimum atomic E-state index is -0.242. The summed E-state index contributed by atoms with van der Waals surface area (Å²) >= 11 is 0. The molecule has 188 valence electrons. The zero-order valence-electron chi connectivity index (χ0n) is 22.7. The lowest BCUT2D eigenvalue weighted by molar-refractivity contribution is 0.225. The molecule has 0 spiro atoms. The Labute approximate surface area is 227 Å². The number of hydrogen-bond donors (Lipinski definition) is 0.